The van der Waals surface area contributed by atoms with Crippen molar-refractivity contribution in [3.63, 3.8) is 0 Å². The maximum atomic E-state index is 11.6. The number of carbonyl (C=O) groups excluding carboxylic acids is 1. The fraction of sp³-hybridized carbons (Fsp3) is 0.889. The molecule has 2 rings (SSSR count). The van der Waals surface area contributed by atoms with E-state index in [-0.39, 0.29) is 6.04 Å². The number of likely N-dealkylation sites (tertiary alicyclic amines) is 1. The summed E-state index contributed by atoms with van der Waals surface area (Å²) in [5, 5.41) is 6.32. The lowest BCUT2D eigenvalue weighted by Crippen LogP contribution is -2.48. The molecule has 2 aliphatic heterocycles. The molecule has 0 spiro atoms. The average molecular weight is 183 g/mol. The molecule has 2 aliphatic rings. The van der Waals surface area contributed by atoms with Crippen molar-refractivity contribution < 1.29 is 4.79 Å². The van der Waals surface area contributed by atoms with E-state index in [1.54, 1.807) is 0 Å². The van der Waals surface area contributed by atoms with Gasteiger partial charge in [0.25, 0.3) is 0 Å². The van der Waals surface area contributed by atoms with E-state index in [0.29, 0.717) is 11.9 Å². The molecule has 2 saturated heterocycles. The molecule has 2 N–H and O–H groups in total. The summed E-state index contributed by atoms with van der Waals surface area (Å²) in [5.74, 6) is 0.312. The quantitative estimate of drug-likeness (QED) is 0.559. The Hall–Kier alpha value is -0.610. The van der Waals surface area contributed by atoms with Crippen molar-refractivity contribution in [1.82, 2.24) is 15.5 Å². The maximum Gasteiger partial charge on any atom is 0.240 e. The summed E-state index contributed by atoms with van der Waals surface area (Å²) in [6.07, 6.45) is 2.09. The van der Waals surface area contributed by atoms with Crippen LogP contribution >= 0.6 is 0 Å². The van der Waals surface area contributed by atoms with Gasteiger partial charge in [-0.05, 0) is 26.4 Å². The van der Waals surface area contributed by atoms with Crippen LogP contribution in [0.2, 0.25) is 0 Å². The van der Waals surface area contributed by atoms with Gasteiger partial charge >= 0.3 is 0 Å². The van der Waals surface area contributed by atoms with Crippen LogP contribution in [0.15, 0.2) is 0 Å². The third-order valence-electron chi connectivity index (χ3n) is 2.96. The van der Waals surface area contributed by atoms with Gasteiger partial charge in [-0.1, -0.05) is 0 Å². The summed E-state index contributed by atoms with van der Waals surface area (Å²) in [6, 6.07) is 0.619. The summed E-state index contributed by atoms with van der Waals surface area (Å²) in [7, 11) is 1.94. The van der Waals surface area contributed by atoms with Crippen molar-refractivity contribution in [2.24, 2.45) is 0 Å². The zero-order chi connectivity index (χ0) is 9.26. The van der Waals surface area contributed by atoms with Crippen LogP contribution in [0.1, 0.15) is 12.8 Å². The molecule has 0 saturated carbocycles. The fourth-order valence-corrected chi connectivity index (χ4v) is 2.24. The Kier molecular flexibility index (Phi) is 2.51. The second-order valence-electron chi connectivity index (χ2n) is 3.84. The summed E-state index contributed by atoms with van der Waals surface area (Å²) in [5.41, 5.74) is 0. The van der Waals surface area contributed by atoms with Gasteiger partial charge in [0.2, 0.25) is 5.91 Å². The first-order valence-corrected chi connectivity index (χ1v) is 5.01. The molecule has 0 aromatic heterocycles. The molecule has 74 valence electrons. The van der Waals surface area contributed by atoms with Crippen molar-refractivity contribution in [2.75, 3.05) is 26.7 Å². The highest BCUT2D eigenvalue weighted by atomic mass is 16.2. The van der Waals surface area contributed by atoms with Crippen molar-refractivity contribution in [3.05, 3.63) is 0 Å². The molecule has 13 heavy (non-hydrogen) atoms. The molecular weight excluding hydrogens is 166 g/mol. The number of fused-ring (bicyclic) bond motifs is 2. The van der Waals surface area contributed by atoms with Gasteiger partial charge in [-0.15, -0.1) is 0 Å². The van der Waals surface area contributed by atoms with Crippen LogP contribution in [0.25, 0.3) is 0 Å². The number of nitrogens with zero attached hydrogens (tertiary/aromatic N) is 1. The van der Waals surface area contributed by atoms with E-state index >= 15 is 0 Å². The Morgan fingerprint density at radius 1 is 1.69 bits per heavy atom. The first-order chi connectivity index (χ1) is 6.33. The number of piperazine rings is 1. The standard InChI is InChI=1S/C9H17N3O/c1-10-3-2-4-12-7-5-8(9(12)13)11-6-7/h7-8,10-11H,2-6H2,1H3. The second-order valence-corrected chi connectivity index (χ2v) is 3.84. The Balaban J connectivity index is 1.83. The molecule has 2 fully saturated rings. The highest BCUT2D eigenvalue weighted by Gasteiger charge is 2.43. The molecule has 0 aromatic carbocycles. The SMILES string of the molecule is CNCCCN1C(=O)C2CC1CN2. The summed E-state index contributed by atoms with van der Waals surface area (Å²) >= 11 is 0. The monoisotopic (exact) mass is 183 g/mol. The molecule has 1 amide bonds. The number of carbonyl (C=O) groups is 1. The van der Waals surface area contributed by atoms with Gasteiger partial charge in [-0.2, -0.15) is 0 Å². The van der Waals surface area contributed by atoms with E-state index in [9.17, 15) is 4.79 Å². The van der Waals surface area contributed by atoms with Crippen LogP contribution in [0.4, 0.5) is 0 Å². The lowest BCUT2D eigenvalue weighted by atomic mass is 10.2. The fourth-order valence-electron chi connectivity index (χ4n) is 2.24. The van der Waals surface area contributed by atoms with Crippen LogP contribution in [-0.4, -0.2) is 49.6 Å². The molecule has 4 heteroatoms. The molecule has 2 atom stereocenters. The number of hydrogen-bond acceptors (Lipinski definition) is 3. The first-order valence-electron chi connectivity index (χ1n) is 5.01. The Labute approximate surface area is 78.7 Å². The highest BCUT2D eigenvalue weighted by Crippen LogP contribution is 2.24. The highest BCUT2D eigenvalue weighted by molar-refractivity contribution is 5.85. The van der Waals surface area contributed by atoms with Gasteiger partial charge in [0, 0.05) is 19.1 Å². The lowest BCUT2D eigenvalue weighted by Gasteiger charge is -2.27. The molecular formula is C9H17N3O. The van der Waals surface area contributed by atoms with Gasteiger partial charge < -0.3 is 15.5 Å². The number of hydrogen-bond donors (Lipinski definition) is 2. The molecule has 2 bridgehead atoms. The Bertz CT molecular complexity index is 207. The minimum atomic E-state index is 0.139. The van der Waals surface area contributed by atoms with E-state index < -0.39 is 0 Å². The predicted molar refractivity (Wildman–Crippen MR) is 50.5 cm³/mol. The van der Waals surface area contributed by atoms with Crippen LogP contribution in [0, 0.1) is 0 Å². The second kappa shape index (κ2) is 3.64. The van der Waals surface area contributed by atoms with Gasteiger partial charge in [0.15, 0.2) is 0 Å². The number of rotatable bonds is 4. The third kappa shape index (κ3) is 1.56. The van der Waals surface area contributed by atoms with Crippen LogP contribution < -0.4 is 10.6 Å². The minimum absolute atomic E-state index is 0.139. The third-order valence-corrected chi connectivity index (χ3v) is 2.96. The van der Waals surface area contributed by atoms with Gasteiger partial charge in [0.1, 0.15) is 0 Å². The summed E-state index contributed by atoms with van der Waals surface area (Å²) in [6.45, 7) is 2.91. The number of nitrogens with one attached hydrogen (secondary N) is 2. The van der Waals surface area contributed by atoms with Crippen LogP contribution in [-0.2, 0) is 4.79 Å². The van der Waals surface area contributed by atoms with Crippen molar-refractivity contribution in [2.45, 2.75) is 24.9 Å². The minimum Gasteiger partial charge on any atom is -0.337 e. The van der Waals surface area contributed by atoms with Gasteiger partial charge in [-0.3, -0.25) is 4.79 Å². The average Bonchev–Trinajstić information content (AvgIpc) is 2.69. The zero-order valence-electron chi connectivity index (χ0n) is 8.05. The van der Waals surface area contributed by atoms with Gasteiger partial charge in [0.05, 0.1) is 6.04 Å². The van der Waals surface area contributed by atoms with E-state index in [1.807, 2.05) is 11.9 Å². The summed E-state index contributed by atoms with van der Waals surface area (Å²) < 4.78 is 0. The van der Waals surface area contributed by atoms with E-state index in [4.69, 9.17) is 0 Å². The van der Waals surface area contributed by atoms with Crippen LogP contribution in [0.5, 0.6) is 0 Å². The molecule has 2 unspecified atom stereocenters. The maximum absolute atomic E-state index is 11.6. The van der Waals surface area contributed by atoms with E-state index in [2.05, 4.69) is 10.6 Å². The van der Waals surface area contributed by atoms with Crippen molar-refractivity contribution in [3.8, 4) is 0 Å². The smallest absolute Gasteiger partial charge is 0.240 e. The molecule has 0 aromatic rings. The van der Waals surface area contributed by atoms with E-state index in [0.717, 1.165) is 32.5 Å². The van der Waals surface area contributed by atoms with Gasteiger partial charge in [-0.25, -0.2) is 0 Å². The largest absolute Gasteiger partial charge is 0.337 e. The summed E-state index contributed by atoms with van der Waals surface area (Å²) in [4.78, 5) is 13.6. The van der Waals surface area contributed by atoms with Crippen molar-refractivity contribution in [1.29, 1.82) is 0 Å². The Morgan fingerprint density at radius 2 is 2.54 bits per heavy atom. The normalized spacial score (nSPS) is 31.8. The molecule has 2 heterocycles. The number of amides is 1. The molecule has 4 nitrogen and oxygen atoms in total. The van der Waals surface area contributed by atoms with E-state index in [1.165, 1.54) is 0 Å². The van der Waals surface area contributed by atoms with Crippen molar-refractivity contribution >= 4 is 5.91 Å². The first kappa shape index (κ1) is 8.97. The molecule has 0 aliphatic carbocycles. The molecule has 0 radical (unpaired) electrons. The topological polar surface area (TPSA) is 44.4 Å². The predicted octanol–water partition coefficient (Wildman–Crippen LogP) is -0.831. The van der Waals surface area contributed by atoms with Crippen LogP contribution in [0.3, 0.4) is 0 Å². The zero-order valence-corrected chi connectivity index (χ0v) is 8.05. The lowest BCUT2D eigenvalue weighted by molar-refractivity contribution is -0.132. The Morgan fingerprint density at radius 3 is 3.15 bits per heavy atom.